The molecule has 2 heterocycles. The van der Waals surface area contributed by atoms with E-state index in [0.29, 0.717) is 23.8 Å². The Kier molecular flexibility index (Phi) is 7.26. The molecule has 2 aromatic carbocycles. The van der Waals surface area contributed by atoms with Crippen LogP contribution in [0.15, 0.2) is 72.6 Å². The Hall–Kier alpha value is -3.67. The standard InChI is InChI=1S/C29H25F3N4S/c30-29(31,32)24-10-5-20(6-11-24)15-25(33)18-35-28-36-26(12-7-19-3-1-2-4-19)27(37-28)22-8-9-23-17-34-14-13-21(23)16-22/h3,5-6,8-11,13-14,16-17,25H,1-2,4,15,18,33H2,(H,35,36)/t25-/m1/s1. The number of benzene rings is 2. The lowest BCUT2D eigenvalue weighted by Gasteiger charge is -2.13. The summed E-state index contributed by atoms with van der Waals surface area (Å²) in [5.41, 5.74) is 9.27. The third kappa shape index (κ3) is 6.19. The molecule has 0 amide bonds. The van der Waals surface area contributed by atoms with Crippen molar-refractivity contribution in [1.82, 2.24) is 9.97 Å². The lowest BCUT2D eigenvalue weighted by atomic mass is 10.0. The molecule has 4 aromatic rings. The minimum Gasteiger partial charge on any atom is -0.360 e. The number of halogens is 3. The van der Waals surface area contributed by atoms with Crippen LogP contribution in [0.1, 0.15) is 36.1 Å². The van der Waals surface area contributed by atoms with Gasteiger partial charge >= 0.3 is 6.18 Å². The molecule has 3 N–H and O–H groups in total. The third-order valence-electron chi connectivity index (χ3n) is 6.21. The highest BCUT2D eigenvalue weighted by Gasteiger charge is 2.30. The van der Waals surface area contributed by atoms with Crippen molar-refractivity contribution in [3.05, 3.63) is 89.4 Å². The minimum absolute atomic E-state index is 0.296. The molecular formula is C29H25F3N4S. The van der Waals surface area contributed by atoms with E-state index < -0.39 is 11.7 Å². The van der Waals surface area contributed by atoms with Crippen molar-refractivity contribution < 1.29 is 13.2 Å². The van der Waals surface area contributed by atoms with Crippen LogP contribution in [0.4, 0.5) is 18.3 Å². The second kappa shape index (κ2) is 10.8. The summed E-state index contributed by atoms with van der Waals surface area (Å²) in [6, 6.07) is 13.0. The second-order valence-corrected chi connectivity index (χ2v) is 10.0. The highest BCUT2D eigenvalue weighted by Crippen LogP contribution is 2.35. The molecule has 0 unspecified atom stereocenters. The fourth-order valence-electron chi connectivity index (χ4n) is 4.25. The van der Waals surface area contributed by atoms with Gasteiger partial charge in [-0.15, -0.1) is 0 Å². The van der Waals surface area contributed by atoms with Crippen LogP contribution in [-0.2, 0) is 12.6 Å². The van der Waals surface area contributed by atoms with Crippen molar-refractivity contribution in [3.8, 4) is 22.3 Å². The van der Waals surface area contributed by atoms with Gasteiger partial charge in [0.2, 0.25) is 0 Å². The molecular weight excluding hydrogens is 493 g/mol. The Morgan fingerprint density at radius 2 is 1.89 bits per heavy atom. The molecule has 1 aliphatic carbocycles. The Balaban J connectivity index is 1.33. The number of anilines is 1. The molecule has 188 valence electrons. The molecule has 1 atom stereocenters. The van der Waals surface area contributed by atoms with Gasteiger partial charge in [0.15, 0.2) is 5.13 Å². The normalized spacial score (nSPS) is 14.2. The summed E-state index contributed by atoms with van der Waals surface area (Å²) in [5, 5.41) is 6.16. The number of nitrogens with one attached hydrogen (secondary N) is 1. The monoisotopic (exact) mass is 518 g/mol. The van der Waals surface area contributed by atoms with Crippen LogP contribution in [-0.4, -0.2) is 22.6 Å². The zero-order chi connectivity index (χ0) is 25.8. The Morgan fingerprint density at radius 1 is 1.05 bits per heavy atom. The van der Waals surface area contributed by atoms with Crippen LogP contribution in [0, 0.1) is 11.8 Å². The van der Waals surface area contributed by atoms with E-state index >= 15 is 0 Å². The quantitative estimate of drug-likeness (QED) is 0.275. The molecule has 37 heavy (non-hydrogen) atoms. The number of hydrogen-bond acceptors (Lipinski definition) is 5. The predicted octanol–water partition coefficient (Wildman–Crippen LogP) is 6.82. The van der Waals surface area contributed by atoms with Gasteiger partial charge in [-0.05, 0) is 78.0 Å². The first-order chi connectivity index (χ1) is 17.8. The number of rotatable bonds is 6. The number of thiazole rings is 1. The van der Waals surface area contributed by atoms with E-state index in [1.165, 1.54) is 23.5 Å². The number of aromatic nitrogens is 2. The lowest BCUT2D eigenvalue weighted by Crippen LogP contribution is -2.31. The average molecular weight is 519 g/mol. The summed E-state index contributed by atoms with van der Waals surface area (Å²) in [5.74, 6) is 6.56. The van der Waals surface area contributed by atoms with E-state index in [1.54, 1.807) is 6.20 Å². The van der Waals surface area contributed by atoms with E-state index in [1.807, 2.05) is 18.3 Å². The van der Waals surface area contributed by atoms with E-state index in [2.05, 4.69) is 40.4 Å². The van der Waals surface area contributed by atoms with Crippen molar-refractivity contribution in [1.29, 1.82) is 0 Å². The highest BCUT2D eigenvalue weighted by molar-refractivity contribution is 7.19. The number of hydrogen-bond donors (Lipinski definition) is 2. The Morgan fingerprint density at radius 3 is 2.65 bits per heavy atom. The summed E-state index contributed by atoms with van der Waals surface area (Å²) >= 11 is 1.52. The van der Waals surface area contributed by atoms with Crippen molar-refractivity contribution in [2.45, 2.75) is 37.9 Å². The summed E-state index contributed by atoms with van der Waals surface area (Å²) < 4.78 is 38.4. The maximum atomic E-state index is 12.8. The summed E-state index contributed by atoms with van der Waals surface area (Å²) in [6.07, 6.45) is 5.10. The molecule has 0 saturated heterocycles. The highest BCUT2D eigenvalue weighted by atomic mass is 32.1. The number of nitrogens with two attached hydrogens (primary N) is 1. The van der Waals surface area contributed by atoms with Gasteiger partial charge in [-0.1, -0.05) is 47.6 Å². The van der Waals surface area contributed by atoms with Crippen LogP contribution in [0.5, 0.6) is 0 Å². The van der Waals surface area contributed by atoms with Crippen LogP contribution < -0.4 is 11.1 Å². The molecule has 0 fully saturated rings. The van der Waals surface area contributed by atoms with Gasteiger partial charge in [0, 0.05) is 30.4 Å². The number of allylic oxidation sites excluding steroid dienone is 2. The smallest absolute Gasteiger partial charge is 0.360 e. The first-order valence-electron chi connectivity index (χ1n) is 12.1. The average Bonchev–Trinajstić information content (AvgIpc) is 3.56. The molecule has 1 aliphatic rings. The SMILES string of the molecule is N[C@@H](CNc1nc(C#CC2=CCCC2)c(-c2ccc3cnccc3c2)s1)Cc1ccc(C(F)(F)F)cc1. The van der Waals surface area contributed by atoms with Gasteiger partial charge in [0.25, 0.3) is 0 Å². The minimum atomic E-state index is -4.35. The molecule has 5 rings (SSSR count). The fraction of sp³-hybridized carbons (Fsp3) is 0.241. The maximum absolute atomic E-state index is 12.8. The number of alkyl halides is 3. The lowest BCUT2D eigenvalue weighted by molar-refractivity contribution is -0.137. The van der Waals surface area contributed by atoms with Gasteiger partial charge < -0.3 is 11.1 Å². The number of nitrogens with zero attached hydrogens (tertiary/aromatic N) is 2. The first-order valence-corrected chi connectivity index (χ1v) is 12.9. The third-order valence-corrected chi connectivity index (χ3v) is 7.27. The zero-order valence-electron chi connectivity index (χ0n) is 20.0. The number of pyridine rings is 1. The van der Waals surface area contributed by atoms with Crippen LogP contribution >= 0.6 is 11.3 Å². The van der Waals surface area contributed by atoms with E-state index in [4.69, 9.17) is 10.7 Å². The topological polar surface area (TPSA) is 63.8 Å². The van der Waals surface area contributed by atoms with Crippen molar-refractivity contribution in [2.24, 2.45) is 5.73 Å². The van der Waals surface area contributed by atoms with Crippen LogP contribution in [0.25, 0.3) is 21.2 Å². The molecule has 2 aromatic heterocycles. The first kappa shape index (κ1) is 25.0. The van der Waals surface area contributed by atoms with Gasteiger partial charge in [-0.2, -0.15) is 13.2 Å². The predicted molar refractivity (Wildman–Crippen MR) is 143 cm³/mol. The zero-order valence-corrected chi connectivity index (χ0v) is 20.8. The summed E-state index contributed by atoms with van der Waals surface area (Å²) in [4.78, 5) is 9.92. The van der Waals surface area contributed by atoms with Gasteiger partial charge in [0.05, 0.1) is 10.4 Å². The maximum Gasteiger partial charge on any atom is 0.416 e. The molecule has 0 radical (unpaired) electrons. The van der Waals surface area contributed by atoms with Crippen LogP contribution in [0.3, 0.4) is 0 Å². The van der Waals surface area contributed by atoms with E-state index in [9.17, 15) is 13.2 Å². The van der Waals surface area contributed by atoms with Gasteiger partial charge in [0.1, 0.15) is 5.69 Å². The molecule has 0 bridgehead atoms. The molecule has 8 heteroatoms. The Bertz CT molecular complexity index is 1490. The van der Waals surface area contributed by atoms with Crippen molar-refractivity contribution >= 4 is 27.2 Å². The molecule has 4 nitrogen and oxygen atoms in total. The largest absolute Gasteiger partial charge is 0.416 e. The van der Waals surface area contributed by atoms with Crippen molar-refractivity contribution in [2.75, 3.05) is 11.9 Å². The van der Waals surface area contributed by atoms with Gasteiger partial charge in [-0.25, -0.2) is 4.98 Å². The molecule has 0 aliphatic heterocycles. The summed E-state index contributed by atoms with van der Waals surface area (Å²) in [6.45, 7) is 0.426. The molecule has 0 spiro atoms. The second-order valence-electron chi connectivity index (χ2n) is 9.05. The molecule has 0 saturated carbocycles. The van der Waals surface area contributed by atoms with Crippen LogP contribution in [0.2, 0.25) is 0 Å². The van der Waals surface area contributed by atoms with Gasteiger partial charge in [-0.3, -0.25) is 4.98 Å². The van der Waals surface area contributed by atoms with Crippen molar-refractivity contribution in [3.63, 3.8) is 0 Å². The van der Waals surface area contributed by atoms with E-state index in [0.717, 1.165) is 63.7 Å². The van der Waals surface area contributed by atoms with E-state index in [-0.39, 0.29) is 6.04 Å². The Labute approximate surface area is 217 Å². The fourth-order valence-corrected chi connectivity index (χ4v) is 5.17. The number of fused-ring (bicyclic) bond motifs is 1. The summed E-state index contributed by atoms with van der Waals surface area (Å²) in [7, 11) is 0.